The van der Waals surface area contributed by atoms with Gasteiger partial charge in [-0.15, -0.1) is 0 Å². The number of aliphatic hydroxyl groups is 2. The Labute approximate surface area is 204 Å². The number of fused-ring (bicyclic) bond motifs is 1. The average molecular weight is 484 g/mol. The molecule has 4 N–H and O–H groups in total. The molecular formula is C26H30ClN3O4. The van der Waals surface area contributed by atoms with Gasteiger partial charge >= 0.3 is 0 Å². The smallest absolute Gasteiger partial charge is 0.264 e. The molecule has 2 heterocycles. The Bertz CT molecular complexity index is 1080. The van der Waals surface area contributed by atoms with Crippen LogP contribution in [0.2, 0.25) is 5.02 Å². The second-order valence-electron chi connectivity index (χ2n) is 8.88. The fraction of sp³-hybridized carbons (Fsp3) is 0.385. The molecule has 0 aromatic heterocycles. The molecule has 1 fully saturated rings. The van der Waals surface area contributed by atoms with Crippen LogP contribution in [0, 0.1) is 5.92 Å². The van der Waals surface area contributed by atoms with E-state index < -0.39 is 17.4 Å². The van der Waals surface area contributed by atoms with Crippen LogP contribution in [0.25, 0.3) is 0 Å². The lowest BCUT2D eigenvalue weighted by atomic mass is 9.83. The number of carbonyl (C=O) groups is 2. The molecule has 3 atom stereocenters. The van der Waals surface area contributed by atoms with Crippen molar-refractivity contribution in [1.82, 2.24) is 5.32 Å². The first kappa shape index (κ1) is 24.4. The molecule has 34 heavy (non-hydrogen) atoms. The van der Waals surface area contributed by atoms with Crippen LogP contribution in [0.15, 0.2) is 54.6 Å². The van der Waals surface area contributed by atoms with Crippen molar-refractivity contribution in [3.8, 4) is 0 Å². The number of aliphatic hydroxyl groups excluding tert-OH is 1. The molecule has 2 aliphatic heterocycles. The lowest BCUT2D eigenvalue weighted by Crippen LogP contribution is -2.44. The van der Waals surface area contributed by atoms with Crippen LogP contribution in [-0.4, -0.2) is 41.2 Å². The first-order valence-electron chi connectivity index (χ1n) is 11.6. The highest BCUT2D eigenvalue weighted by Crippen LogP contribution is 2.46. The minimum atomic E-state index is -1.76. The molecule has 2 amide bonds. The number of benzene rings is 2. The molecule has 0 spiro atoms. The van der Waals surface area contributed by atoms with E-state index in [1.807, 2.05) is 24.3 Å². The van der Waals surface area contributed by atoms with Gasteiger partial charge in [0.1, 0.15) is 0 Å². The normalized spacial score (nSPS) is 22.9. The number of nitrogens with one attached hydrogen (secondary N) is 2. The Morgan fingerprint density at radius 1 is 1.32 bits per heavy atom. The number of rotatable bonds is 8. The van der Waals surface area contributed by atoms with E-state index in [2.05, 4.69) is 10.6 Å². The largest absolute Gasteiger partial charge is 0.396 e. The predicted molar refractivity (Wildman–Crippen MR) is 133 cm³/mol. The summed E-state index contributed by atoms with van der Waals surface area (Å²) >= 11 is 6.21. The topological polar surface area (TPSA) is 102 Å². The second-order valence-corrected chi connectivity index (χ2v) is 9.32. The van der Waals surface area contributed by atoms with Crippen LogP contribution in [0.4, 0.5) is 11.4 Å². The Balaban J connectivity index is 1.54. The first-order chi connectivity index (χ1) is 16.3. The van der Waals surface area contributed by atoms with Crippen molar-refractivity contribution in [2.45, 2.75) is 44.4 Å². The van der Waals surface area contributed by atoms with E-state index >= 15 is 0 Å². The molecule has 0 aliphatic carbocycles. The highest BCUT2D eigenvalue weighted by molar-refractivity contribution is 6.31. The molecule has 0 saturated carbocycles. The average Bonchev–Trinajstić information content (AvgIpc) is 3.44. The Morgan fingerprint density at radius 2 is 2.09 bits per heavy atom. The van der Waals surface area contributed by atoms with Gasteiger partial charge in [0, 0.05) is 28.8 Å². The number of amides is 2. The standard InChI is InChI=1S/C26H30ClN3O4/c1-17(5-2-3-14-31)26(34)21-15-19(27)9-12-23(21)30(25(26)33)16-18-7-10-20(11-8-18)29-24(32)22-6-4-13-28-22/h2,5,7-12,15,17,22,28,31,34H,3-4,6,13-14,16H2,1H3,(H,29,32)/b5-2+/t17-,22+,26+/m0/s1. The maximum atomic E-state index is 13.5. The SMILES string of the molecule is C[C@@H](/C=C/CCO)[C@]1(O)C(=O)N(Cc2ccc(NC(=O)[C@H]3CCCN3)cc2)c2ccc(Cl)cc21. The third-order valence-electron chi connectivity index (χ3n) is 6.55. The van der Waals surface area contributed by atoms with Gasteiger partial charge in [-0.05, 0) is 61.7 Å². The second kappa shape index (κ2) is 10.3. The number of halogens is 1. The van der Waals surface area contributed by atoms with Crippen molar-refractivity contribution in [3.05, 3.63) is 70.8 Å². The van der Waals surface area contributed by atoms with E-state index in [1.54, 1.807) is 42.2 Å². The number of nitrogens with zero attached hydrogens (tertiary/aromatic N) is 1. The van der Waals surface area contributed by atoms with Gasteiger partial charge in [-0.25, -0.2) is 0 Å². The van der Waals surface area contributed by atoms with Gasteiger partial charge in [0.05, 0.1) is 18.3 Å². The van der Waals surface area contributed by atoms with E-state index in [0.29, 0.717) is 28.4 Å². The third-order valence-corrected chi connectivity index (χ3v) is 6.78. The van der Waals surface area contributed by atoms with Gasteiger partial charge in [0.25, 0.3) is 5.91 Å². The van der Waals surface area contributed by atoms with Crippen molar-refractivity contribution in [1.29, 1.82) is 0 Å². The number of anilines is 2. The third kappa shape index (κ3) is 4.74. The predicted octanol–water partition coefficient (Wildman–Crippen LogP) is 3.34. The van der Waals surface area contributed by atoms with E-state index in [-0.39, 0.29) is 25.1 Å². The molecule has 2 aromatic carbocycles. The molecule has 7 nitrogen and oxygen atoms in total. The highest BCUT2D eigenvalue weighted by Gasteiger charge is 2.52. The summed E-state index contributed by atoms with van der Waals surface area (Å²) in [6, 6.07) is 12.3. The summed E-state index contributed by atoms with van der Waals surface area (Å²) in [5, 5.41) is 27.2. The lowest BCUT2D eigenvalue weighted by Gasteiger charge is -2.27. The quantitative estimate of drug-likeness (QED) is 0.431. The maximum absolute atomic E-state index is 13.5. The van der Waals surface area contributed by atoms with Gasteiger partial charge in [-0.1, -0.05) is 42.8 Å². The highest BCUT2D eigenvalue weighted by atomic mass is 35.5. The number of carbonyl (C=O) groups excluding carboxylic acids is 2. The number of hydrogen-bond donors (Lipinski definition) is 4. The van der Waals surface area contributed by atoms with Crippen molar-refractivity contribution in [2.24, 2.45) is 5.92 Å². The molecule has 0 unspecified atom stereocenters. The zero-order chi connectivity index (χ0) is 24.3. The minimum absolute atomic E-state index is 0.00223. The van der Waals surface area contributed by atoms with Crippen molar-refractivity contribution in [2.75, 3.05) is 23.4 Å². The molecular weight excluding hydrogens is 454 g/mol. The monoisotopic (exact) mass is 483 g/mol. The van der Waals surface area contributed by atoms with Crippen molar-refractivity contribution in [3.63, 3.8) is 0 Å². The Hall–Kier alpha value is -2.71. The van der Waals surface area contributed by atoms with Crippen LogP contribution < -0.4 is 15.5 Å². The molecule has 8 heteroatoms. The summed E-state index contributed by atoms with van der Waals surface area (Å²) in [7, 11) is 0. The Morgan fingerprint density at radius 3 is 2.76 bits per heavy atom. The minimum Gasteiger partial charge on any atom is -0.396 e. The lowest BCUT2D eigenvalue weighted by molar-refractivity contribution is -0.139. The van der Waals surface area contributed by atoms with Gasteiger partial charge < -0.3 is 25.7 Å². The van der Waals surface area contributed by atoms with E-state index in [1.165, 1.54) is 0 Å². The summed E-state index contributed by atoms with van der Waals surface area (Å²) in [6.07, 6.45) is 5.78. The van der Waals surface area contributed by atoms with E-state index in [0.717, 1.165) is 24.9 Å². The number of hydrogen-bond acceptors (Lipinski definition) is 5. The Kier molecular flexibility index (Phi) is 7.38. The summed E-state index contributed by atoms with van der Waals surface area (Å²) in [5.41, 5.74) is 0.887. The molecule has 0 bridgehead atoms. The van der Waals surface area contributed by atoms with Gasteiger partial charge in [-0.3, -0.25) is 9.59 Å². The summed E-state index contributed by atoms with van der Waals surface area (Å²) < 4.78 is 0. The molecule has 4 rings (SSSR count). The van der Waals surface area contributed by atoms with E-state index in [9.17, 15) is 14.7 Å². The fourth-order valence-corrected chi connectivity index (χ4v) is 4.78. The zero-order valence-corrected chi connectivity index (χ0v) is 19.9. The van der Waals surface area contributed by atoms with Crippen LogP contribution in [0.3, 0.4) is 0 Å². The molecule has 2 aliphatic rings. The summed E-state index contributed by atoms with van der Waals surface area (Å²) in [4.78, 5) is 27.4. The van der Waals surface area contributed by atoms with Crippen LogP contribution >= 0.6 is 11.6 Å². The summed E-state index contributed by atoms with van der Waals surface area (Å²) in [6.45, 7) is 2.89. The van der Waals surface area contributed by atoms with Gasteiger partial charge in [0.15, 0.2) is 5.60 Å². The van der Waals surface area contributed by atoms with Gasteiger partial charge in [0.2, 0.25) is 5.91 Å². The van der Waals surface area contributed by atoms with Gasteiger partial charge in [-0.2, -0.15) is 0 Å². The first-order valence-corrected chi connectivity index (χ1v) is 12.0. The zero-order valence-electron chi connectivity index (χ0n) is 19.1. The van der Waals surface area contributed by atoms with Crippen LogP contribution in [0.1, 0.15) is 37.3 Å². The van der Waals surface area contributed by atoms with Crippen LogP contribution in [-0.2, 0) is 21.7 Å². The molecule has 180 valence electrons. The van der Waals surface area contributed by atoms with E-state index in [4.69, 9.17) is 16.7 Å². The van der Waals surface area contributed by atoms with Crippen molar-refractivity contribution >= 4 is 34.8 Å². The molecule has 2 aromatic rings. The summed E-state index contributed by atoms with van der Waals surface area (Å²) in [5.74, 6) is -0.981. The molecule has 1 saturated heterocycles. The van der Waals surface area contributed by atoms with Crippen molar-refractivity contribution < 1.29 is 19.8 Å². The van der Waals surface area contributed by atoms with Crippen LogP contribution in [0.5, 0.6) is 0 Å². The fourth-order valence-electron chi connectivity index (χ4n) is 4.60. The maximum Gasteiger partial charge on any atom is 0.264 e. The molecule has 0 radical (unpaired) electrons.